The summed E-state index contributed by atoms with van der Waals surface area (Å²) in [6.07, 6.45) is 4.10. The standard InChI is InChI=1S/C27H24N4O3/c28-15-23-19(2-1-3-22(23)20-4-5-25-26(14-20)34-11-10-33-25)13-24-27-21(6-7-30-24)12-18(17-31-27)16-29-8-9-32/h1-7,12,14,17,29,32H,8-11,13,16H2. The normalized spacial score (nSPS) is 12.5. The van der Waals surface area contributed by atoms with Crippen LogP contribution >= 0.6 is 0 Å². The van der Waals surface area contributed by atoms with Crippen LogP contribution in [0.25, 0.3) is 22.0 Å². The number of benzene rings is 2. The van der Waals surface area contributed by atoms with Crippen molar-refractivity contribution < 1.29 is 14.6 Å². The van der Waals surface area contributed by atoms with Crippen LogP contribution in [0.2, 0.25) is 0 Å². The molecule has 4 aromatic rings. The van der Waals surface area contributed by atoms with E-state index in [1.807, 2.05) is 48.7 Å². The van der Waals surface area contributed by atoms with Gasteiger partial charge in [0.1, 0.15) is 19.3 Å². The summed E-state index contributed by atoms with van der Waals surface area (Å²) in [6.45, 7) is 2.33. The fourth-order valence-corrected chi connectivity index (χ4v) is 4.21. The Labute approximate surface area is 197 Å². The van der Waals surface area contributed by atoms with Gasteiger partial charge in [0.2, 0.25) is 0 Å². The minimum Gasteiger partial charge on any atom is -0.486 e. The smallest absolute Gasteiger partial charge is 0.161 e. The molecule has 2 N–H and O–H groups in total. The van der Waals surface area contributed by atoms with Crippen molar-refractivity contribution in [1.82, 2.24) is 15.3 Å². The molecule has 7 heteroatoms. The zero-order valence-electron chi connectivity index (χ0n) is 18.6. The molecule has 0 unspecified atom stereocenters. The number of fused-ring (bicyclic) bond motifs is 2. The van der Waals surface area contributed by atoms with Gasteiger partial charge in [-0.15, -0.1) is 0 Å². The number of aliphatic hydroxyl groups excluding tert-OH is 1. The monoisotopic (exact) mass is 452 g/mol. The lowest BCUT2D eigenvalue weighted by Crippen LogP contribution is -2.17. The Bertz CT molecular complexity index is 1380. The van der Waals surface area contributed by atoms with Crippen molar-refractivity contribution in [3.05, 3.63) is 83.3 Å². The highest BCUT2D eigenvalue weighted by atomic mass is 16.6. The van der Waals surface area contributed by atoms with Crippen LogP contribution in [0.1, 0.15) is 22.4 Å². The third kappa shape index (κ3) is 4.42. The van der Waals surface area contributed by atoms with E-state index in [2.05, 4.69) is 27.4 Å². The van der Waals surface area contributed by atoms with Crippen molar-refractivity contribution in [2.75, 3.05) is 26.4 Å². The van der Waals surface area contributed by atoms with E-state index < -0.39 is 0 Å². The molecule has 1 aliphatic heterocycles. The highest BCUT2D eigenvalue weighted by Gasteiger charge is 2.17. The first-order valence-corrected chi connectivity index (χ1v) is 11.2. The van der Waals surface area contributed by atoms with Crippen molar-refractivity contribution in [3.8, 4) is 28.7 Å². The van der Waals surface area contributed by atoms with Crippen LogP contribution in [0.4, 0.5) is 0 Å². The Hall–Kier alpha value is -3.99. The van der Waals surface area contributed by atoms with Crippen LogP contribution in [0.3, 0.4) is 0 Å². The van der Waals surface area contributed by atoms with E-state index in [9.17, 15) is 5.26 Å². The first kappa shape index (κ1) is 21.8. The van der Waals surface area contributed by atoms with E-state index in [0.29, 0.717) is 44.0 Å². The quantitative estimate of drug-likeness (QED) is 0.413. The molecule has 3 heterocycles. The Balaban J connectivity index is 1.48. The molecule has 0 saturated carbocycles. The average Bonchev–Trinajstić information content (AvgIpc) is 2.88. The van der Waals surface area contributed by atoms with Gasteiger partial charge in [-0.1, -0.05) is 24.3 Å². The summed E-state index contributed by atoms with van der Waals surface area (Å²) in [7, 11) is 0. The van der Waals surface area contributed by atoms with Gasteiger partial charge in [-0.2, -0.15) is 5.26 Å². The molecule has 0 aliphatic carbocycles. The molecular weight excluding hydrogens is 428 g/mol. The predicted molar refractivity (Wildman–Crippen MR) is 129 cm³/mol. The number of nitrogens with one attached hydrogen (secondary N) is 1. The molecule has 2 aromatic carbocycles. The topological polar surface area (TPSA) is 100 Å². The second-order valence-corrected chi connectivity index (χ2v) is 8.06. The maximum absolute atomic E-state index is 10.1. The molecule has 2 aromatic heterocycles. The predicted octanol–water partition coefficient (Wildman–Crippen LogP) is 3.61. The Morgan fingerprint density at radius 1 is 1.03 bits per heavy atom. The SMILES string of the molecule is N#Cc1c(Cc2nccc3cc(CNCCO)cnc23)cccc1-c1ccc2c(c1)OCCO2. The molecular formula is C27H24N4O3. The molecule has 7 nitrogen and oxygen atoms in total. The fraction of sp³-hybridized carbons (Fsp3) is 0.222. The molecule has 0 spiro atoms. The number of rotatable bonds is 7. The van der Waals surface area contributed by atoms with Gasteiger partial charge in [0.25, 0.3) is 0 Å². The van der Waals surface area contributed by atoms with E-state index in [1.54, 1.807) is 6.20 Å². The van der Waals surface area contributed by atoms with Crippen LogP contribution in [-0.2, 0) is 13.0 Å². The molecule has 1 aliphatic rings. The van der Waals surface area contributed by atoms with Gasteiger partial charge in [0, 0.05) is 37.3 Å². The fourth-order valence-electron chi connectivity index (χ4n) is 4.21. The number of ether oxygens (including phenoxy) is 2. The Morgan fingerprint density at radius 3 is 2.76 bits per heavy atom. The zero-order valence-corrected chi connectivity index (χ0v) is 18.6. The van der Waals surface area contributed by atoms with Crippen LogP contribution in [0.5, 0.6) is 11.5 Å². The molecule has 170 valence electrons. The van der Waals surface area contributed by atoms with Crippen LogP contribution in [-0.4, -0.2) is 41.4 Å². The summed E-state index contributed by atoms with van der Waals surface area (Å²) < 4.78 is 11.4. The van der Waals surface area contributed by atoms with E-state index in [1.165, 1.54) is 0 Å². The maximum atomic E-state index is 10.1. The van der Waals surface area contributed by atoms with Crippen LogP contribution in [0.15, 0.2) is 60.9 Å². The largest absolute Gasteiger partial charge is 0.486 e. The summed E-state index contributed by atoms with van der Waals surface area (Å²) in [5.74, 6) is 1.42. The number of nitriles is 1. The minimum atomic E-state index is 0.0988. The number of pyridine rings is 2. The highest BCUT2D eigenvalue weighted by Crippen LogP contribution is 2.36. The van der Waals surface area contributed by atoms with Gasteiger partial charge in [0.15, 0.2) is 11.5 Å². The van der Waals surface area contributed by atoms with E-state index >= 15 is 0 Å². The summed E-state index contributed by atoms with van der Waals surface area (Å²) in [5.41, 5.74) is 5.95. The van der Waals surface area contributed by atoms with Gasteiger partial charge in [-0.25, -0.2) is 0 Å². The van der Waals surface area contributed by atoms with Gasteiger partial charge in [-0.3, -0.25) is 9.97 Å². The molecule has 0 amide bonds. The van der Waals surface area contributed by atoms with Gasteiger partial charge in [-0.05, 0) is 46.5 Å². The second-order valence-electron chi connectivity index (χ2n) is 8.06. The lowest BCUT2D eigenvalue weighted by atomic mass is 9.93. The molecule has 0 fully saturated rings. The zero-order chi connectivity index (χ0) is 23.3. The minimum absolute atomic E-state index is 0.0988. The number of hydrogen-bond acceptors (Lipinski definition) is 7. The number of aromatic nitrogens is 2. The molecule has 0 atom stereocenters. The lowest BCUT2D eigenvalue weighted by Gasteiger charge is -2.19. The molecule has 0 bridgehead atoms. The summed E-state index contributed by atoms with van der Waals surface area (Å²) in [6, 6.07) is 18.1. The summed E-state index contributed by atoms with van der Waals surface area (Å²) in [5, 5.41) is 23.2. The number of aliphatic hydroxyl groups is 1. The average molecular weight is 453 g/mol. The van der Waals surface area contributed by atoms with E-state index in [4.69, 9.17) is 14.6 Å². The highest BCUT2D eigenvalue weighted by molar-refractivity contribution is 5.81. The number of hydrogen-bond donors (Lipinski definition) is 2. The van der Waals surface area contributed by atoms with Gasteiger partial charge < -0.3 is 19.9 Å². The Kier molecular flexibility index (Phi) is 6.34. The molecule has 0 saturated heterocycles. The van der Waals surface area contributed by atoms with Crippen LogP contribution < -0.4 is 14.8 Å². The van der Waals surface area contributed by atoms with Crippen molar-refractivity contribution >= 4 is 10.9 Å². The number of nitrogens with zero attached hydrogens (tertiary/aromatic N) is 3. The Morgan fingerprint density at radius 2 is 1.91 bits per heavy atom. The van der Waals surface area contributed by atoms with Gasteiger partial charge >= 0.3 is 0 Å². The molecule has 0 radical (unpaired) electrons. The van der Waals surface area contributed by atoms with Crippen molar-refractivity contribution in [2.45, 2.75) is 13.0 Å². The first-order valence-electron chi connectivity index (χ1n) is 11.2. The lowest BCUT2D eigenvalue weighted by molar-refractivity contribution is 0.171. The van der Waals surface area contributed by atoms with Crippen molar-refractivity contribution in [3.63, 3.8) is 0 Å². The summed E-state index contributed by atoms with van der Waals surface area (Å²) in [4.78, 5) is 9.25. The molecule has 34 heavy (non-hydrogen) atoms. The van der Waals surface area contributed by atoms with Crippen molar-refractivity contribution in [1.29, 1.82) is 5.26 Å². The van der Waals surface area contributed by atoms with E-state index in [0.717, 1.165) is 44.6 Å². The van der Waals surface area contributed by atoms with Gasteiger partial charge in [0.05, 0.1) is 23.4 Å². The second kappa shape index (κ2) is 9.87. The third-order valence-electron chi connectivity index (χ3n) is 5.82. The summed E-state index contributed by atoms with van der Waals surface area (Å²) >= 11 is 0. The van der Waals surface area contributed by atoms with E-state index in [-0.39, 0.29) is 6.61 Å². The first-order chi connectivity index (χ1) is 16.8. The maximum Gasteiger partial charge on any atom is 0.161 e. The molecule has 5 rings (SSSR count). The van der Waals surface area contributed by atoms with Crippen LogP contribution in [0, 0.1) is 11.3 Å². The van der Waals surface area contributed by atoms with Crippen molar-refractivity contribution in [2.24, 2.45) is 0 Å². The third-order valence-corrected chi connectivity index (χ3v) is 5.82.